The molecule has 0 saturated carbocycles. The minimum Gasteiger partial charge on any atom is -0.480 e. The highest BCUT2D eigenvalue weighted by Crippen LogP contribution is 2.20. The van der Waals surface area contributed by atoms with Crippen LogP contribution in [-0.4, -0.2) is 54.7 Å². The number of aliphatic carboxylic acids is 1. The number of likely N-dealkylation sites (tertiary alicyclic amines) is 1. The van der Waals surface area contributed by atoms with Gasteiger partial charge in [-0.1, -0.05) is 69.4 Å². The van der Waals surface area contributed by atoms with Crippen LogP contribution in [0.3, 0.4) is 0 Å². The summed E-state index contributed by atoms with van der Waals surface area (Å²) in [6.07, 6.45) is 6.97. The zero-order valence-corrected chi connectivity index (χ0v) is 18.6. The Morgan fingerprint density at radius 2 is 1.80 bits per heavy atom. The predicted molar refractivity (Wildman–Crippen MR) is 117 cm³/mol. The van der Waals surface area contributed by atoms with Gasteiger partial charge in [-0.15, -0.1) is 0 Å². The Bertz CT molecular complexity index is 782. The Kier molecular flexibility index (Phi) is 9.78. The molecule has 1 aliphatic rings. The summed E-state index contributed by atoms with van der Waals surface area (Å²) in [6, 6.07) is 7.29. The quantitative estimate of drug-likeness (QED) is 0.461. The molecule has 1 aromatic carbocycles. The lowest BCUT2D eigenvalue weighted by molar-refractivity contribution is -0.148. The molecule has 1 amide bonds. The fourth-order valence-corrected chi connectivity index (χ4v) is 5.18. The maximum Gasteiger partial charge on any atom is 0.326 e. The maximum atomic E-state index is 13.1. The lowest BCUT2D eigenvalue weighted by Gasteiger charge is -2.27. The van der Waals surface area contributed by atoms with E-state index in [1.54, 1.807) is 0 Å². The van der Waals surface area contributed by atoms with Crippen LogP contribution in [0.4, 0.5) is 0 Å². The van der Waals surface area contributed by atoms with Gasteiger partial charge in [-0.25, -0.2) is 17.9 Å². The van der Waals surface area contributed by atoms with Crippen LogP contribution < -0.4 is 4.72 Å². The molecule has 0 aliphatic carbocycles. The van der Waals surface area contributed by atoms with E-state index >= 15 is 0 Å². The number of rotatable bonds is 13. The third kappa shape index (κ3) is 7.72. The molecule has 2 N–H and O–H groups in total. The largest absolute Gasteiger partial charge is 0.480 e. The van der Waals surface area contributed by atoms with Gasteiger partial charge in [-0.05, 0) is 31.2 Å². The van der Waals surface area contributed by atoms with E-state index in [1.807, 2.05) is 30.3 Å². The lowest BCUT2D eigenvalue weighted by atomic mass is 10.1. The van der Waals surface area contributed by atoms with Crippen LogP contribution in [-0.2, 0) is 26.0 Å². The normalized spacial score (nSPS) is 17.8. The van der Waals surface area contributed by atoms with Gasteiger partial charge in [0.25, 0.3) is 0 Å². The van der Waals surface area contributed by atoms with Gasteiger partial charge in [0, 0.05) is 6.54 Å². The van der Waals surface area contributed by atoms with Crippen LogP contribution in [0.15, 0.2) is 30.3 Å². The van der Waals surface area contributed by atoms with E-state index in [4.69, 9.17) is 0 Å². The summed E-state index contributed by atoms with van der Waals surface area (Å²) in [4.78, 5) is 25.9. The summed E-state index contributed by atoms with van der Waals surface area (Å²) in [5.74, 6) is -1.54. The second kappa shape index (κ2) is 12.1. The zero-order valence-electron chi connectivity index (χ0n) is 17.8. The van der Waals surface area contributed by atoms with Crippen molar-refractivity contribution in [3.63, 3.8) is 0 Å². The van der Waals surface area contributed by atoms with Crippen LogP contribution in [0, 0.1) is 0 Å². The number of carboxylic acid groups (broad SMARTS) is 1. The fourth-order valence-electron chi connectivity index (χ4n) is 3.86. The first-order valence-electron chi connectivity index (χ1n) is 10.9. The number of carbonyl (C=O) groups excluding carboxylic acids is 1. The van der Waals surface area contributed by atoms with Crippen molar-refractivity contribution >= 4 is 21.9 Å². The Hall–Kier alpha value is -1.93. The molecule has 1 saturated heterocycles. The number of sulfonamides is 1. The van der Waals surface area contributed by atoms with E-state index in [1.165, 1.54) is 4.90 Å². The topological polar surface area (TPSA) is 104 Å². The number of carboxylic acids is 1. The van der Waals surface area contributed by atoms with Crippen LogP contribution in [0.5, 0.6) is 0 Å². The first-order valence-corrected chi connectivity index (χ1v) is 12.6. The van der Waals surface area contributed by atoms with Gasteiger partial charge in [0.1, 0.15) is 12.1 Å². The van der Waals surface area contributed by atoms with Crippen molar-refractivity contribution in [2.75, 3.05) is 12.3 Å². The second-order valence-electron chi connectivity index (χ2n) is 7.97. The number of hydrogen-bond acceptors (Lipinski definition) is 4. The van der Waals surface area contributed by atoms with Crippen molar-refractivity contribution in [2.45, 2.75) is 76.8 Å². The summed E-state index contributed by atoms with van der Waals surface area (Å²) in [5, 5.41) is 9.41. The highest BCUT2D eigenvalue weighted by Gasteiger charge is 2.38. The first kappa shape index (κ1) is 24.3. The third-order valence-electron chi connectivity index (χ3n) is 5.49. The monoisotopic (exact) mass is 438 g/mol. The molecule has 2 rings (SSSR count). The van der Waals surface area contributed by atoms with E-state index in [0.29, 0.717) is 25.8 Å². The average molecular weight is 439 g/mol. The Balaban J connectivity index is 2.05. The summed E-state index contributed by atoms with van der Waals surface area (Å²) in [7, 11) is -3.65. The number of unbranched alkanes of at least 4 members (excludes halogenated alkanes) is 5. The summed E-state index contributed by atoms with van der Waals surface area (Å²) >= 11 is 0. The number of hydrogen-bond donors (Lipinski definition) is 2. The van der Waals surface area contributed by atoms with Crippen molar-refractivity contribution in [2.24, 2.45) is 0 Å². The SMILES string of the molecule is CCCCCCCCS(=O)(=O)N[C@H](Cc1ccccc1)C(=O)N1CCCC1C(=O)O. The van der Waals surface area contributed by atoms with E-state index in [-0.39, 0.29) is 12.2 Å². The number of nitrogens with one attached hydrogen (secondary N) is 1. The van der Waals surface area contributed by atoms with Crippen molar-refractivity contribution in [1.82, 2.24) is 9.62 Å². The Labute approximate surface area is 179 Å². The van der Waals surface area contributed by atoms with Crippen molar-refractivity contribution in [3.05, 3.63) is 35.9 Å². The fraction of sp³-hybridized carbons (Fsp3) is 0.636. The molecule has 1 aromatic rings. The minimum atomic E-state index is -3.65. The highest BCUT2D eigenvalue weighted by molar-refractivity contribution is 7.89. The number of benzene rings is 1. The zero-order chi connectivity index (χ0) is 22.0. The van der Waals surface area contributed by atoms with Crippen molar-refractivity contribution in [3.8, 4) is 0 Å². The molecule has 7 nitrogen and oxygen atoms in total. The maximum absolute atomic E-state index is 13.1. The average Bonchev–Trinajstić information content (AvgIpc) is 3.20. The summed E-state index contributed by atoms with van der Waals surface area (Å²) < 4.78 is 27.9. The minimum absolute atomic E-state index is 0.0277. The molecule has 2 atom stereocenters. The number of nitrogens with zero attached hydrogens (tertiary/aromatic N) is 1. The number of amides is 1. The molecule has 0 spiro atoms. The van der Waals surface area contributed by atoms with Gasteiger partial charge < -0.3 is 10.0 Å². The Morgan fingerprint density at radius 3 is 2.47 bits per heavy atom. The first-order chi connectivity index (χ1) is 14.3. The molecular formula is C22H34N2O5S. The van der Waals surface area contributed by atoms with Crippen LogP contribution in [0.25, 0.3) is 0 Å². The van der Waals surface area contributed by atoms with Crippen LogP contribution >= 0.6 is 0 Å². The molecule has 30 heavy (non-hydrogen) atoms. The Morgan fingerprint density at radius 1 is 1.13 bits per heavy atom. The van der Waals surface area contributed by atoms with Crippen molar-refractivity contribution in [1.29, 1.82) is 0 Å². The summed E-state index contributed by atoms with van der Waals surface area (Å²) in [6.45, 7) is 2.47. The van der Waals surface area contributed by atoms with E-state index in [0.717, 1.165) is 37.7 Å². The highest BCUT2D eigenvalue weighted by atomic mass is 32.2. The van der Waals surface area contributed by atoms with Crippen molar-refractivity contribution < 1.29 is 23.1 Å². The van der Waals surface area contributed by atoms with E-state index < -0.39 is 34.0 Å². The predicted octanol–water partition coefficient (Wildman–Crippen LogP) is 2.95. The second-order valence-corrected chi connectivity index (χ2v) is 9.85. The molecule has 168 valence electrons. The standard InChI is InChI=1S/C22H34N2O5S/c1-2-3-4-5-6-10-16-30(28,29)23-19(17-18-12-8-7-9-13-18)21(25)24-15-11-14-20(24)22(26)27/h7-9,12-13,19-20,23H,2-6,10-11,14-17H2,1H3,(H,26,27)/t19-,20?/m1/s1. The molecule has 0 bridgehead atoms. The van der Waals surface area contributed by atoms with E-state index in [9.17, 15) is 23.1 Å². The van der Waals surface area contributed by atoms with Crippen LogP contribution in [0.1, 0.15) is 63.9 Å². The van der Waals surface area contributed by atoms with Crippen LogP contribution in [0.2, 0.25) is 0 Å². The molecule has 1 aliphatic heterocycles. The third-order valence-corrected chi connectivity index (χ3v) is 6.96. The molecule has 1 fully saturated rings. The van der Waals surface area contributed by atoms with Gasteiger partial charge in [0.15, 0.2) is 0 Å². The van der Waals surface area contributed by atoms with E-state index in [2.05, 4.69) is 11.6 Å². The number of carbonyl (C=O) groups is 2. The smallest absolute Gasteiger partial charge is 0.326 e. The molecule has 1 heterocycles. The van der Waals surface area contributed by atoms with Gasteiger partial charge in [-0.2, -0.15) is 0 Å². The molecule has 8 heteroatoms. The molecule has 0 aromatic heterocycles. The van der Waals surface area contributed by atoms with Gasteiger partial charge in [0.05, 0.1) is 5.75 Å². The molecule has 1 unspecified atom stereocenters. The molecule has 0 radical (unpaired) electrons. The lowest BCUT2D eigenvalue weighted by Crippen LogP contribution is -2.52. The van der Waals surface area contributed by atoms with Gasteiger partial charge >= 0.3 is 5.97 Å². The summed E-state index contributed by atoms with van der Waals surface area (Å²) in [5.41, 5.74) is 0.823. The van der Waals surface area contributed by atoms with Gasteiger partial charge in [0.2, 0.25) is 15.9 Å². The molecular weight excluding hydrogens is 404 g/mol. The van der Waals surface area contributed by atoms with Gasteiger partial charge in [-0.3, -0.25) is 4.79 Å².